The van der Waals surface area contributed by atoms with Crippen LogP contribution in [-0.4, -0.2) is 60.8 Å². The highest BCUT2D eigenvalue weighted by molar-refractivity contribution is 6.30. The molecule has 0 saturated carbocycles. The zero-order valence-electron chi connectivity index (χ0n) is 32.9. The monoisotopic (exact) mass is 755 g/mol. The number of hydrogen-bond acceptors (Lipinski definition) is 5. The fourth-order valence-corrected chi connectivity index (χ4v) is 5.35. The molecule has 2 amide bonds. The first-order valence-corrected chi connectivity index (χ1v) is 19.8. The number of benzene rings is 2. The zero-order chi connectivity index (χ0) is 39.3. The molecule has 0 saturated heterocycles. The van der Waals surface area contributed by atoms with Gasteiger partial charge in [0.2, 0.25) is 5.91 Å². The van der Waals surface area contributed by atoms with Gasteiger partial charge < -0.3 is 20.3 Å². The van der Waals surface area contributed by atoms with Gasteiger partial charge in [-0.3, -0.25) is 14.4 Å². The SMILES string of the molecule is CCC=CCC=CCC=CCC=CCC=CCC=CCCC(=O)NCCCN(CC)CCNC(=O)C(C)(C)Oc1ccc(C(=O)c2ccc(Cl)cc2)cc1. The van der Waals surface area contributed by atoms with E-state index in [-0.39, 0.29) is 17.6 Å². The number of nitrogens with one attached hydrogen (secondary N) is 2. The molecule has 0 aromatic heterocycles. The number of likely N-dealkylation sites (N-methyl/N-ethyl adjacent to an activating group) is 1. The molecule has 0 spiro atoms. The number of allylic oxidation sites excluding steroid dienone is 12. The molecule has 54 heavy (non-hydrogen) atoms. The van der Waals surface area contributed by atoms with E-state index in [0.29, 0.717) is 48.0 Å². The van der Waals surface area contributed by atoms with Gasteiger partial charge in [-0.05, 0) is 127 Å². The number of ketones is 1. The smallest absolute Gasteiger partial charge is 0.263 e. The van der Waals surface area contributed by atoms with Crippen LogP contribution in [0.5, 0.6) is 5.75 Å². The minimum atomic E-state index is -1.10. The van der Waals surface area contributed by atoms with Crippen LogP contribution < -0.4 is 15.4 Å². The first-order chi connectivity index (χ1) is 26.2. The van der Waals surface area contributed by atoms with Gasteiger partial charge in [-0.15, -0.1) is 0 Å². The van der Waals surface area contributed by atoms with Gasteiger partial charge in [0, 0.05) is 42.2 Å². The van der Waals surface area contributed by atoms with Gasteiger partial charge in [-0.2, -0.15) is 0 Å². The third-order valence-corrected chi connectivity index (χ3v) is 8.66. The van der Waals surface area contributed by atoms with Gasteiger partial charge in [0.25, 0.3) is 5.91 Å². The second kappa shape index (κ2) is 28.0. The van der Waals surface area contributed by atoms with Crippen molar-refractivity contribution < 1.29 is 19.1 Å². The summed E-state index contributed by atoms with van der Waals surface area (Å²) >= 11 is 5.93. The van der Waals surface area contributed by atoms with Crippen LogP contribution in [-0.2, 0) is 9.59 Å². The van der Waals surface area contributed by atoms with E-state index in [1.165, 1.54) is 0 Å². The number of halogens is 1. The molecule has 0 aliphatic heterocycles. The van der Waals surface area contributed by atoms with E-state index >= 15 is 0 Å². The van der Waals surface area contributed by atoms with Crippen LogP contribution in [0.3, 0.4) is 0 Å². The number of hydrogen-bond donors (Lipinski definition) is 2. The lowest BCUT2D eigenvalue weighted by Gasteiger charge is -2.26. The fourth-order valence-electron chi connectivity index (χ4n) is 5.22. The lowest BCUT2D eigenvalue weighted by atomic mass is 10.0. The zero-order valence-corrected chi connectivity index (χ0v) is 33.7. The van der Waals surface area contributed by atoms with Crippen molar-refractivity contribution in [2.45, 2.75) is 91.1 Å². The van der Waals surface area contributed by atoms with Gasteiger partial charge in [0.15, 0.2) is 11.4 Å². The number of carbonyl (C=O) groups is 3. The minimum Gasteiger partial charge on any atom is -0.478 e. The molecular formula is C46H62ClN3O4. The van der Waals surface area contributed by atoms with Crippen LogP contribution in [0.15, 0.2) is 121 Å². The van der Waals surface area contributed by atoms with Crippen molar-refractivity contribution in [3.63, 3.8) is 0 Å². The van der Waals surface area contributed by atoms with E-state index < -0.39 is 5.60 Å². The summed E-state index contributed by atoms with van der Waals surface area (Å²) < 4.78 is 5.99. The number of carbonyl (C=O) groups excluding carboxylic acids is 3. The summed E-state index contributed by atoms with van der Waals surface area (Å²) in [6, 6.07) is 13.5. The van der Waals surface area contributed by atoms with Gasteiger partial charge in [-0.1, -0.05) is 98.4 Å². The quantitative estimate of drug-likeness (QED) is 0.0539. The predicted molar refractivity (Wildman–Crippen MR) is 226 cm³/mol. The highest BCUT2D eigenvalue weighted by Crippen LogP contribution is 2.21. The summed E-state index contributed by atoms with van der Waals surface area (Å²) in [5, 5.41) is 6.57. The van der Waals surface area contributed by atoms with Crippen LogP contribution in [0.2, 0.25) is 5.02 Å². The van der Waals surface area contributed by atoms with Crippen molar-refractivity contribution in [2.75, 3.05) is 32.7 Å². The standard InChI is InChI=1S/C46H62ClN3O4/c1-5-7-8-9-10-11-12-13-14-15-16-17-18-19-20-21-22-23-24-26-43(51)48-35-25-37-50(6-2)38-36-49-45(53)46(3,4)54-42-33-29-40(30-34-42)44(52)39-27-31-41(47)32-28-39/h7-8,10-11,13-14,16-17,19-20,22-23,27-34H,5-6,9,12,15,18,21,24-26,35-38H2,1-4H3,(H,48,51)(H,49,53). The Labute approximate surface area is 330 Å². The number of ether oxygens (including phenoxy) is 1. The highest BCUT2D eigenvalue weighted by Gasteiger charge is 2.29. The predicted octanol–water partition coefficient (Wildman–Crippen LogP) is 10.2. The Balaban J connectivity index is 1.53. The Bertz CT molecular complexity index is 1550. The Morgan fingerprint density at radius 2 is 1.17 bits per heavy atom. The Morgan fingerprint density at radius 3 is 1.69 bits per heavy atom. The molecule has 0 radical (unpaired) electrons. The molecule has 0 aliphatic carbocycles. The molecule has 7 nitrogen and oxygen atoms in total. The number of amides is 2. The summed E-state index contributed by atoms with van der Waals surface area (Å²) in [6.45, 7) is 11.1. The molecule has 2 aromatic rings. The Hall–Kier alpha value is -4.46. The van der Waals surface area contributed by atoms with Gasteiger partial charge in [0.05, 0.1) is 0 Å². The summed E-state index contributed by atoms with van der Waals surface area (Å²) in [6.07, 6.45) is 34.0. The second-order valence-electron chi connectivity index (χ2n) is 13.3. The number of rotatable bonds is 27. The number of nitrogens with zero attached hydrogens (tertiary/aromatic N) is 1. The Morgan fingerprint density at radius 1 is 0.667 bits per heavy atom. The molecule has 0 atom stereocenters. The van der Waals surface area contributed by atoms with Gasteiger partial charge in [0.1, 0.15) is 5.75 Å². The third kappa shape index (κ3) is 20.7. The second-order valence-corrected chi connectivity index (χ2v) is 13.8. The van der Waals surface area contributed by atoms with Crippen molar-refractivity contribution in [1.82, 2.24) is 15.5 Å². The molecule has 2 rings (SSSR count). The van der Waals surface area contributed by atoms with E-state index in [0.717, 1.165) is 64.5 Å². The highest BCUT2D eigenvalue weighted by atomic mass is 35.5. The normalized spacial score (nSPS) is 12.4. The summed E-state index contributed by atoms with van der Waals surface area (Å²) in [7, 11) is 0. The van der Waals surface area contributed by atoms with E-state index in [4.69, 9.17) is 16.3 Å². The summed E-state index contributed by atoms with van der Waals surface area (Å²) in [4.78, 5) is 40.2. The van der Waals surface area contributed by atoms with E-state index in [1.54, 1.807) is 62.4 Å². The molecule has 8 heteroatoms. The molecule has 0 aliphatic rings. The van der Waals surface area contributed by atoms with Gasteiger partial charge in [-0.25, -0.2) is 0 Å². The molecule has 0 heterocycles. The van der Waals surface area contributed by atoms with Crippen molar-refractivity contribution in [3.8, 4) is 5.75 Å². The average molecular weight is 756 g/mol. The van der Waals surface area contributed by atoms with Crippen LogP contribution in [0.1, 0.15) is 101 Å². The summed E-state index contributed by atoms with van der Waals surface area (Å²) in [5.74, 6) is 0.223. The lowest BCUT2D eigenvalue weighted by Crippen LogP contribution is -2.48. The molecule has 0 fully saturated rings. The fraction of sp³-hybridized carbons (Fsp3) is 0.413. The lowest BCUT2D eigenvalue weighted by molar-refractivity contribution is -0.134. The van der Waals surface area contributed by atoms with E-state index in [9.17, 15) is 14.4 Å². The van der Waals surface area contributed by atoms with E-state index in [2.05, 4.69) is 102 Å². The van der Waals surface area contributed by atoms with Crippen LogP contribution in [0.4, 0.5) is 0 Å². The Kier molecular flexibility index (Phi) is 23.7. The molecule has 2 N–H and O–H groups in total. The maximum absolute atomic E-state index is 13.0. The van der Waals surface area contributed by atoms with Gasteiger partial charge >= 0.3 is 0 Å². The molecule has 0 bridgehead atoms. The topological polar surface area (TPSA) is 87.7 Å². The average Bonchev–Trinajstić information content (AvgIpc) is 3.16. The van der Waals surface area contributed by atoms with Crippen LogP contribution in [0.25, 0.3) is 0 Å². The van der Waals surface area contributed by atoms with Crippen LogP contribution >= 0.6 is 11.6 Å². The largest absolute Gasteiger partial charge is 0.478 e. The molecule has 0 unspecified atom stereocenters. The molecular weight excluding hydrogens is 694 g/mol. The van der Waals surface area contributed by atoms with Crippen LogP contribution in [0, 0.1) is 0 Å². The summed E-state index contributed by atoms with van der Waals surface area (Å²) in [5.41, 5.74) is -0.0354. The van der Waals surface area contributed by atoms with Crippen molar-refractivity contribution in [1.29, 1.82) is 0 Å². The molecule has 292 valence electrons. The van der Waals surface area contributed by atoms with Crippen molar-refractivity contribution in [2.24, 2.45) is 0 Å². The first kappa shape index (κ1) is 45.7. The third-order valence-electron chi connectivity index (χ3n) is 8.41. The maximum Gasteiger partial charge on any atom is 0.263 e. The minimum absolute atomic E-state index is 0.0647. The van der Waals surface area contributed by atoms with Crippen molar-refractivity contribution in [3.05, 3.63) is 138 Å². The van der Waals surface area contributed by atoms with Crippen molar-refractivity contribution >= 4 is 29.2 Å². The maximum atomic E-state index is 13.0. The first-order valence-electron chi connectivity index (χ1n) is 19.4. The van der Waals surface area contributed by atoms with E-state index in [1.807, 2.05) is 0 Å². The molecule has 2 aromatic carbocycles.